The van der Waals surface area contributed by atoms with Crippen molar-refractivity contribution in [2.24, 2.45) is 0 Å². The van der Waals surface area contributed by atoms with Gasteiger partial charge in [0.25, 0.3) is 5.69 Å². The van der Waals surface area contributed by atoms with Crippen LogP contribution >= 0.6 is 0 Å². The smallest absolute Gasteiger partial charge is 0.258 e. The van der Waals surface area contributed by atoms with E-state index in [0.717, 1.165) is 6.26 Å². The van der Waals surface area contributed by atoms with Crippen LogP contribution in [0.5, 0.6) is 0 Å². The molecule has 0 radical (unpaired) electrons. The molecule has 2 aromatic rings. The van der Waals surface area contributed by atoms with E-state index < -0.39 is 14.8 Å². The third kappa shape index (κ3) is 2.70. The van der Waals surface area contributed by atoms with Gasteiger partial charge in [-0.05, 0) is 30.7 Å². The van der Waals surface area contributed by atoms with E-state index in [2.05, 4.69) is 0 Å². The SMILES string of the molecule is Cc1cccc(-c2ccc(S(C)(=O)=O)cc2)c1[N+](=O)[O-]. The lowest BCUT2D eigenvalue weighted by Gasteiger charge is -2.06. The minimum Gasteiger partial charge on any atom is -0.258 e. The number of benzene rings is 2. The number of nitrogens with zero attached hydrogens (tertiary/aromatic N) is 1. The molecule has 0 aliphatic heterocycles. The lowest BCUT2D eigenvalue weighted by atomic mass is 10.0. The van der Waals surface area contributed by atoms with Crippen LogP contribution < -0.4 is 0 Å². The standard InChI is InChI=1S/C14H13NO4S/c1-10-4-3-5-13(14(10)15(16)17)11-6-8-12(9-7-11)20(2,18)19/h3-9H,1-2H3. The van der Waals surface area contributed by atoms with Gasteiger partial charge in [-0.2, -0.15) is 0 Å². The Morgan fingerprint density at radius 2 is 1.65 bits per heavy atom. The average molecular weight is 291 g/mol. The molecule has 6 heteroatoms. The highest BCUT2D eigenvalue weighted by Gasteiger charge is 2.18. The first-order chi connectivity index (χ1) is 9.30. The van der Waals surface area contributed by atoms with Crippen LogP contribution in [0.1, 0.15) is 5.56 Å². The zero-order valence-electron chi connectivity index (χ0n) is 11.0. The van der Waals surface area contributed by atoms with E-state index in [4.69, 9.17) is 0 Å². The molecule has 0 aliphatic rings. The highest BCUT2D eigenvalue weighted by Crippen LogP contribution is 2.32. The van der Waals surface area contributed by atoms with Crippen LogP contribution in [0, 0.1) is 17.0 Å². The summed E-state index contributed by atoms with van der Waals surface area (Å²) in [6.45, 7) is 1.67. The molecular formula is C14H13NO4S. The molecule has 0 aromatic heterocycles. The van der Waals surface area contributed by atoms with Gasteiger partial charge < -0.3 is 0 Å². The van der Waals surface area contributed by atoms with E-state index in [-0.39, 0.29) is 10.6 Å². The summed E-state index contributed by atoms with van der Waals surface area (Å²) < 4.78 is 22.8. The van der Waals surface area contributed by atoms with Gasteiger partial charge in [0.05, 0.1) is 15.4 Å². The number of para-hydroxylation sites is 1. The Labute approximate surface area is 116 Å². The van der Waals surface area contributed by atoms with Gasteiger partial charge in [0.1, 0.15) is 0 Å². The first-order valence-corrected chi connectivity index (χ1v) is 7.74. The number of nitro groups is 1. The summed E-state index contributed by atoms with van der Waals surface area (Å²) in [4.78, 5) is 10.9. The molecule has 2 aromatic carbocycles. The van der Waals surface area contributed by atoms with Crippen molar-refractivity contribution in [3.05, 3.63) is 58.1 Å². The van der Waals surface area contributed by atoms with Crippen molar-refractivity contribution in [3.8, 4) is 11.1 Å². The van der Waals surface area contributed by atoms with Gasteiger partial charge in [-0.15, -0.1) is 0 Å². The molecular weight excluding hydrogens is 278 g/mol. The van der Waals surface area contributed by atoms with E-state index in [1.807, 2.05) is 0 Å². The number of rotatable bonds is 3. The topological polar surface area (TPSA) is 77.3 Å². The Morgan fingerprint density at radius 3 is 2.15 bits per heavy atom. The van der Waals surface area contributed by atoms with Crippen molar-refractivity contribution in [2.45, 2.75) is 11.8 Å². The maximum Gasteiger partial charge on any atom is 0.280 e. The minimum atomic E-state index is -3.27. The van der Waals surface area contributed by atoms with E-state index in [1.165, 1.54) is 12.1 Å². The van der Waals surface area contributed by atoms with Crippen LogP contribution in [0.3, 0.4) is 0 Å². The molecule has 5 nitrogen and oxygen atoms in total. The van der Waals surface area contributed by atoms with Gasteiger partial charge in [-0.1, -0.05) is 24.3 Å². The molecule has 0 atom stereocenters. The second-order valence-corrected chi connectivity index (χ2v) is 6.54. The predicted octanol–water partition coefficient (Wildman–Crippen LogP) is 2.97. The molecule has 104 valence electrons. The fourth-order valence-electron chi connectivity index (χ4n) is 2.02. The summed E-state index contributed by atoms with van der Waals surface area (Å²) in [5.74, 6) is 0. The van der Waals surface area contributed by atoms with Crippen molar-refractivity contribution >= 4 is 15.5 Å². The summed E-state index contributed by atoms with van der Waals surface area (Å²) in [6.07, 6.45) is 1.12. The van der Waals surface area contributed by atoms with E-state index >= 15 is 0 Å². The van der Waals surface area contributed by atoms with Crippen LogP contribution in [-0.2, 0) is 9.84 Å². The first kappa shape index (κ1) is 14.2. The fraction of sp³-hybridized carbons (Fsp3) is 0.143. The zero-order valence-corrected chi connectivity index (χ0v) is 11.8. The summed E-state index contributed by atoms with van der Waals surface area (Å²) >= 11 is 0. The predicted molar refractivity (Wildman–Crippen MR) is 76.4 cm³/mol. The Hall–Kier alpha value is -2.21. The number of hydrogen-bond acceptors (Lipinski definition) is 4. The van der Waals surface area contributed by atoms with Crippen LogP contribution in [0.4, 0.5) is 5.69 Å². The number of sulfone groups is 1. The summed E-state index contributed by atoms with van der Waals surface area (Å²) in [5, 5.41) is 11.2. The minimum absolute atomic E-state index is 0.0413. The summed E-state index contributed by atoms with van der Waals surface area (Å²) in [7, 11) is -3.27. The van der Waals surface area contributed by atoms with Gasteiger partial charge in [-0.3, -0.25) is 10.1 Å². The van der Waals surface area contributed by atoms with Gasteiger partial charge in [0.15, 0.2) is 9.84 Å². The molecule has 0 bridgehead atoms. The molecule has 0 heterocycles. The second-order valence-electron chi connectivity index (χ2n) is 4.52. The van der Waals surface area contributed by atoms with E-state index in [0.29, 0.717) is 16.7 Å². The Balaban J connectivity index is 2.58. The highest BCUT2D eigenvalue weighted by molar-refractivity contribution is 7.90. The van der Waals surface area contributed by atoms with Crippen LogP contribution in [0.15, 0.2) is 47.4 Å². The summed E-state index contributed by atoms with van der Waals surface area (Å²) in [6, 6.07) is 11.1. The number of aryl methyl sites for hydroxylation is 1. The molecule has 0 aliphatic carbocycles. The highest BCUT2D eigenvalue weighted by atomic mass is 32.2. The molecule has 0 unspecified atom stereocenters. The largest absolute Gasteiger partial charge is 0.280 e. The molecule has 0 fully saturated rings. The van der Waals surface area contributed by atoms with Gasteiger partial charge in [0.2, 0.25) is 0 Å². The lowest BCUT2D eigenvalue weighted by Crippen LogP contribution is -1.97. The molecule has 0 amide bonds. The molecule has 0 spiro atoms. The van der Waals surface area contributed by atoms with E-state index in [9.17, 15) is 18.5 Å². The normalized spacial score (nSPS) is 11.3. The second kappa shape index (κ2) is 5.05. The lowest BCUT2D eigenvalue weighted by molar-refractivity contribution is -0.384. The van der Waals surface area contributed by atoms with Crippen molar-refractivity contribution in [3.63, 3.8) is 0 Å². The quantitative estimate of drug-likeness (QED) is 0.643. The van der Waals surface area contributed by atoms with Gasteiger partial charge >= 0.3 is 0 Å². The number of nitro benzene ring substituents is 1. The van der Waals surface area contributed by atoms with Crippen molar-refractivity contribution in [1.82, 2.24) is 0 Å². The maximum atomic E-state index is 11.4. The molecule has 0 saturated carbocycles. The third-order valence-electron chi connectivity index (χ3n) is 3.01. The van der Waals surface area contributed by atoms with Crippen LogP contribution in [-0.4, -0.2) is 19.6 Å². The third-order valence-corrected chi connectivity index (χ3v) is 4.14. The zero-order chi connectivity index (χ0) is 14.9. The fourth-order valence-corrected chi connectivity index (χ4v) is 2.65. The van der Waals surface area contributed by atoms with Crippen molar-refractivity contribution in [1.29, 1.82) is 0 Å². The van der Waals surface area contributed by atoms with Crippen molar-refractivity contribution in [2.75, 3.05) is 6.26 Å². The van der Waals surface area contributed by atoms with Gasteiger partial charge in [-0.25, -0.2) is 8.42 Å². The van der Waals surface area contributed by atoms with E-state index in [1.54, 1.807) is 37.3 Å². The maximum absolute atomic E-state index is 11.4. The Kier molecular flexibility index (Phi) is 3.59. The molecule has 20 heavy (non-hydrogen) atoms. The average Bonchev–Trinajstić information content (AvgIpc) is 2.37. The molecule has 0 N–H and O–H groups in total. The molecule has 2 rings (SSSR count). The molecule has 0 saturated heterocycles. The first-order valence-electron chi connectivity index (χ1n) is 5.85. The van der Waals surface area contributed by atoms with Crippen LogP contribution in [0.2, 0.25) is 0 Å². The Bertz CT molecular complexity index is 764. The van der Waals surface area contributed by atoms with Gasteiger partial charge in [0, 0.05) is 11.8 Å². The van der Waals surface area contributed by atoms with Crippen molar-refractivity contribution < 1.29 is 13.3 Å². The monoisotopic (exact) mass is 291 g/mol. The van der Waals surface area contributed by atoms with Crippen LogP contribution in [0.25, 0.3) is 11.1 Å². The Morgan fingerprint density at radius 1 is 1.05 bits per heavy atom. The number of hydrogen-bond donors (Lipinski definition) is 0. The summed E-state index contributed by atoms with van der Waals surface area (Å²) in [5.41, 5.74) is 1.71.